The van der Waals surface area contributed by atoms with Crippen LogP contribution in [0.15, 0.2) is 23.3 Å². The van der Waals surface area contributed by atoms with E-state index in [1.807, 2.05) is 11.1 Å². The second kappa shape index (κ2) is 24.0. The molecule has 0 spiro atoms. The third kappa shape index (κ3) is 12.0. The summed E-state index contributed by atoms with van der Waals surface area (Å²) in [7, 11) is -1.25. The maximum Gasteiger partial charge on any atom is 0.0504 e. The Labute approximate surface area is 400 Å². The van der Waals surface area contributed by atoms with Crippen LogP contribution in [0.25, 0.3) is 0 Å². The van der Waals surface area contributed by atoms with E-state index in [0.29, 0.717) is 0 Å². The topological polar surface area (TPSA) is 0 Å². The van der Waals surface area contributed by atoms with Crippen LogP contribution in [0, 0.1) is 82.9 Å². The van der Waals surface area contributed by atoms with Gasteiger partial charge < -0.3 is 0 Å². The van der Waals surface area contributed by atoms with Crippen molar-refractivity contribution in [2.75, 3.05) is 0 Å². The molecule has 64 heavy (non-hydrogen) atoms. The minimum Gasteiger partial charge on any atom is -0.0817 e. The van der Waals surface area contributed by atoms with Crippen LogP contribution in [0.1, 0.15) is 264 Å². The fourth-order valence-corrected chi connectivity index (χ4v) is 22.7. The minimum absolute atomic E-state index is 0.906. The van der Waals surface area contributed by atoms with E-state index >= 15 is 0 Å². The van der Waals surface area contributed by atoms with E-state index in [-0.39, 0.29) is 0 Å². The highest BCUT2D eigenvalue weighted by atomic mass is 28.3. The quantitative estimate of drug-likeness (QED) is 0.0873. The molecule has 0 aliphatic heterocycles. The molecule has 0 aromatic heterocycles. The smallest absolute Gasteiger partial charge is 0.0504 e. The van der Waals surface area contributed by atoms with Crippen LogP contribution in [-0.4, -0.2) is 8.07 Å². The molecule has 0 saturated heterocycles. The van der Waals surface area contributed by atoms with Gasteiger partial charge in [0.25, 0.3) is 0 Å². The van der Waals surface area contributed by atoms with Gasteiger partial charge in [0.15, 0.2) is 0 Å². The van der Waals surface area contributed by atoms with E-state index in [9.17, 15) is 0 Å². The summed E-state index contributed by atoms with van der Waals surface area (Å²) in [6, 6.07) is 1.63. The summed E-state index contributed by atoms with van der Waals surface area (Å²) in [6.45, 7) is 8.19. The average Bonchev–Trinajstić information content (AvgIpc) is 3.35. The second-order valence-corrected chi connectivity index (χ2v) is 32.1. The molecular formula is C63H108Si. The molecule has 0 radical (unpaired) electrons. The molecule has 0 aromatic carbocycles. The third-order valence-electron chi connectivity index (χ3n) is 22.7. The van der Waals surface area contributed by atoms with Crippen LogP contribution < -0.4 is 0 Å². The number of allylic oxidation sites excluding steroid dienone is 4. The van der Waals surface area contributed by atoms with E-state index in [1.54, 1.807) is 109 Å². The molecule has 7 atom stereocenters. The number of hydrogen-bond donors (Lipinski definition) is 0. The monoisotopic (exact) mass is 893 g/mol. The zero-order valence-electron chi connectivity index (χ0n) is 43.3. The number of fused-ring (bicyclic) bond motifs is 2. The fourth-order valence-electron chi connectivity index (χ4n) is 19.3. The van der Waals surface area contributed by atoms with Crippen molar-refractivity contribution in [3.05, 3.63) is 23.3 Å². The molecular weight excluding hydrogens is 785 g/mol. The molecule has 0 heterocycles. The lowest BCUT2D eigenvalue weighted by atomic mass is 9.45. The largest absolute Gasteiger partial charge is 0.0817 e. The fraction of sp³-hybridized carbons (Fsp3) is 0.937. The maximum atomic E-state index is 3.04. The van der Waals surface area contributed by atoms with Crippen LogP contribution in [0.4, 0.5) is 0 Å². The van der Waals surface area contributed by atoms with Crippen LogP contribution in [0.5, 0.6) is 0 Å². The van der Waals surface area contributed by atoms with Crippen molar-refractivity contribution >= 4 is 8.07 Å². The molecule has 0 N–H and O–H groups in total. The molecule has 9 aliphatic rings. The third-order valence-corrected chi connectivity index (χ3v) is 27.1. The zero-order chi connectivity index (χ0) is 43.7. The predicted octanol–water partition coefficient (Wildman–Crippen LogP) is 20.3. The van der Waals surface area contributed by atoms with E-state index < -0.39 is 8.07 Å². The average molecular weight is 894 g/mol. The molecule has 0 aromatic rings. The van der Waals surface area contributed by atoms with Gasteiger partial charge in [-0.15, -0.1) is 0 Å². The van der Waals surface area contributed by atoms with Crippen LogP contribution in [-0.2, 0) is 0 Å². The lowest BCUT2D eigenvalue weighted by Gasteiger charge is -2.62. The molecule has 9 aliphatic carbocycles. The van der Waals surface area contributed by atoms with Crippen molar-refractivity contribution in [3.8, 4) is 0 Å². The first-order valence-electron chi connectivity index (χ1n) is 30.9. The van der Waals surface area contributed by atoms with Crippen molar-refractivity contribution in [2.24, 2.45) is 82.9 Å². The van der Waals surface area contributed by atoms with Crippen molar-refractivity contribution in [1.29, 1.82) is 0 Å². The summed E-state index contributed by atoms with van der Waals surface area (Å²) < 4.78 is 0. The molecule has 7 unspecified atom stereocenters. The van der Waals surface area contributed by atoms with Gasteiger partial charge in [0.2, 0.25) is 0 Å². The molecule has 0 bridgehead atoms. The summed E-state index contributed by atoms with van der Waals surface area (Å²) in [5.74, 6) is 14.2. The highest BCUT2D eigenvalue weighted by Crippen LogP contribution is 2.65. The lowest BCUT2D eigenvalue weighted by molar-refractivity contribution is -0.113. The minimum atomic E-state index is -1.25. The van der Waals surface area contributed by atoms with E-state index in [4.69, 9.17) is 0 Å². The molecule has 0 amide bonds. The molecule has 0 nitrogen and oxygen atoms in total. The summed E-state index contributed by atoms with van der Waals surface area (Å²) in [6.07, 6.45) is 67.6. The molecule has 1 heteroatoms. The van der Waals surface area contributed by atoms with Gasteiger partial charge in [-0.25, -0.2) is 0 Å². The molecule has 9 rings (SSSR count). The molecule has 364 valence electrons. The number of hydrogen-bond acceptors (Lipinski definition) is 0. The van der Waals surface area contributed by atoms with Gasteiger partial charge in [-0.2, -0.15) is 0 Å². The lowest BCUT2D eigenvalue weighted by Crippen LogP contribution is -2.55. The Morgan fingerprint density at radius 1 is 0.375 bits per heavy atom. The molecule has 9 fully saturated rings. The Bertz CT molecular complexity index is 1370. The Morgan fingerprint density at radius 3 is 1.17 bits per heavy atom. The number of rotatable bonds is 15. The van der Waals surface area contributed by atoms with Gasteiger partial charge in [0.1, 0.15) is 0 Å². The van der Waals surface area contributed by atoms with Gasteiger partial charge in [0, 0.05) is 0 Å². The van der Waals surface area contributed by atoms with Crippen LogP contribution in [0.3, 0.4) is 0 Å². The first-order valence-corrected chi connectivity index (χ1v) is 34.2. The Kier molecular flexibility index (Phi) is 18.3. The highest BCUT2D eigenvalue weighted by molar-refractivity contribution is 6.78. The highest BCUT2D eigenvalue weighted by Gasteiger charge is 2.57. The summed E-state index contributed by atoms with van der Waals surface area (Å²) >= 11 is 0. The molecule has 9 saturated carbocycles. The van der Waals surface area contributed by atoms with E-state index in [2.05, 4.69) is 32.2 Å². The van der Waals surface area contributed by atoms with E-state index in [1.165, 1.54) is 154 Å². The standard InChI is InChI=1S/C63H108Si/c1-4-5-6-7-22-43-64(2,3)55-41-42-58-61(46-55)63(54-39-35-48(36-40-54)45-60(51-27-16-10-17-28-51)52-29-18-11-19-30-52)57-32-21-20-31-56(57)62(58)53-37-33-47(34-38-53)44-59(49-23-12-8-13-24-49)50-25-14-9-15-26-50/h44-45,47-58,61-63H,4-43,46H2,1-3H3. The van der Waals surface area contributed by atoms with Gasteiger partial charge in [-0.3, -0.25) is 0 Å². The van der Waals surface area contributed by atoms with Crippen LogP contribution >= 0.6 is 0 Å². The van der Waals surface area contributed by atoms with Crippen molar-refractivity contribution in [3.63, 3.8) is 0 Å². The first-order chi connectivity index (χ1) is 31.5. The van der Waals surface area contributed by atoms with Gasteiger partial charge in [-0.1, -0.05) is 178 Å². The normalized spacial score (nSPS) is 37.9. The predicted molar refractivity (Wildman–Crippen MR) is 281 cm³/mol. The first kappa shape index (κ1) is 48.7. The SMILES string of the molecule is CCCCCCC[Si](C)(C)C1CCC2C(C1)C(C1CCC(C=C(C3CCCCC3)C3CCCCC3)CC1)C1CCCCC1C2C1CCC(C=C(C2CCCCC2)C2CCCCC2)CC1. The van der Waals surface area contributed by atoms with Crippen LogP contribution in [0.2, 0.25) is 24.7 Å². The van der Waals surface area contributed by atoms with E-state index in [0.717, 1.165) is 88.4 Å². The van der Waals surface area contributed by atoms with Gasteiger partial charge >= 0.3 is 0 Å². The summed E-state index contributed by atoms with van der Waals surface area (Å²) in [5.41, 5.74) is 5.16. The summed E-state index contributed by atoms with van der Waals surface area (Å²) in [5, 5.41) is 0. The zero-order valence-corrected chi connectivity index (χ0v) is 44.3. The Hall–Kier alpha value is -0.303. The van der Waals surface area contributed by atoms with Crippen molar-refractivity contribution in [1.82, 2.24) is 0 Å². The Morgan fingerprint density at radius 2 is 0.750 bits per heavy atom. The van der Waals surface area contributed by atoms with Crippen molar-refractivity contribution in [2.45, 2.75) is 288 Å². The van der Waals surface area contributed by atoms with Crippen molar-refractivity contribution < 1.29 is 0 Å². The Balaban J connectivity index is 0.930. The van der Waals surface area contributed by atoms with Gasteiger partial charge in [-0.05, 0) is 217 Å². The van der Waals surface area contributed by atoms with Gasteiger partial charge in [0.05, 0.1) is 8.07 Å². The second-order valence-electron chi connectivity index (χ2n) is 26.8. The maximum absolute atomic E-state index is 3.04. The number of unbranched alkanes of at least 4 members (excludes halogenated alkanes) is 4. The summed E-state index contributed by atoms with van der Waals surface area (Å²) in [4.78, 5) is 0.